The van der Waals surface area contributed by atoms with Crippen molar-refractivity contribution in [2.24, 2.45) is 0 Å². The van der Waals surface area contributed by atoms with Crippen molar-refractivity contribution in [1.82, 2.24) is 10.6 Å². The quantitative estimate of drug-likeness (QED) is 0.825. The average Bonchev–Trinajstić information content (AvgIpc) is 2.03. The minimum atomic E-state index is -4.19. The largest absolute Gasteiger partial charge is 0.444 e. The highest BCUT2D eigenvalue weighted by Crippen LogP contribution is 2.22. The van der Waals surface area contributed by atoms with E-state index in [0.717, 1.165) is 0 Å². The standard InChI is InChI=1S/C11H19F3N2O2/c1-10(2,3)18-9(17)16-8-4-7(5-8)15-6-11(12,13)14/h7-8,15H,4-6H2,1-3H3,(H,16,17). The maximum atomic E-state index is 11.9. The van der Waals surface area contributed by atoms with Gasteiger partial charge in [0.15, 0.2) is 0 Å². The van der Waals surface area contributed by atoms with E-state index in [1.54, 1.807) is 20.8 Å². The molecule has 1 amide bonds. The first-order valence-corrected chi connectivity index (χ1v) is 5.85. The zero-order valence-electron chi connectivity index (χ0n) is 10.7. The third kappa shape index (κ3) is 6.09. The van der Waals surface area contributed by atoms with E-state index in [1.165, 1.54) is 0 Å². The van der Waals surface area contributed by atoms with Gasteiger partial charge in [0.1, 0.15) is 5.60 Å². The molecule has 0 heterocycles. The van der Waals surface area contributed by atoms with Crippen LogP contribution in [0.1, 0.15) is 33.6 Å². The fraction of sp³-hybridized carbons (Fsp3) is 0.909. The number of amides is 1. The van der Waals surface area contributed by atoms with Crippen molar-refractivity contribution in [2.45, 2.75) is 57.5 Å². The van der Waals surface area contributed by atoms with E-state index < -0.39 is 24.4 Å². The Labute approximate surface area is 104 Å². The summed E-state index contributed by atoms with van der Waals surface area (Å²) in [4.78, 5) is 11.4. The van der Waals surface area contributed by atoms with Crippen molar-refractivity contribution in [1.29, 1.82) is 0 Å². The van der Waals surface area contributed by atoms with Crippen LogP contribution in [0.3, 0.4) is 0 Å². The van der Waals surface area contributed by atoms with Gasteiger partial charge in [0.2, 0.25) is 0 Å². The Morgan fingerprint density at radius 2 is 1.78 bits per heavy atom. The maximum Gasteiger partial charge on any atom is 0.407 e. The summed E-state index contributed by atoms with van der Waals surface area (Å²) in [6, 6.07) is -0.294. The van der Waals surface area contributed by atoms with Crippen LogP contribution in [0.25, 0.3) is 0 Å². The first kappa shape index (κ1) is 15.1. The third-order valence-electron chi connectivity index (χ3n) is 2.45. The van der Waals surface area contributed by atoms with Gasteiger partial charge in [0, 0.05) is 12.1 Å². The lowest BCUT2D eigenvalue weighted by Crippen LogP contribution is -2.54. The SMILES string of the molecule is CC(C)(C)OC(=O)NC1CC(NCC(F)(F)F)C1. The van der Waals surface area contributed by atoms with E-state index in [1.807, 2.05) is 0 Å². The van der Waals surface area contributed by atoms with Gasteiger partial charge in [-0.15, -0.1) is 0 Å². The van der Waals surface area contributed by atoms with Gasteiger partial charge in [-0.1, -0.05) is 0 Å². The summed E-state index contributed by atoms with van der Waals surface area (Å²) in [5.74, 6) is 0. The van der Waals surface area contributed by atoms with Crippen molar-refractivity contribution < 1.29 is 22.7 Å². The first-order chi connectivity index (χ1) is 8.05. The predicted molar refractivity (Wildman–Crippen MR) is 60.2 cm³/mol. The summed E-state index contributed by atoms with van der Waals surface area (Å²) >= 11 is 0. The van der Waals surface area contributed by atoms with Crippen LogP contribution in [0.2, 0.25) is 0 Å². The molecule has 1 aliphatic rings. The van der Waals surface area contributed by atoms with Gasteiger partial charge >= 0.3 is 12.3 Å². The lowest BCUT2D eigenvalue weighted by atomic mass is 9.87. The zero-order chi connectivity index (χ0) is 14.0. The van der Waals surface area contributed by atoms with Gasteiger partial charge in [-0.2, -0.15) is 13.2 Å². The van der Waals surface area contributed by atoms with E-state index >= 15 is 0 Å². The predicted octanol–water partition coefficient (Wildman–Crippen LogP) is 2.19. The van der Waals surface area contributed by atoms with Crippen LogP contribution in [0.5, 0.6) is 0 Å². The summed E-state index contributed by atoms with van der Waals surface area (Å²) in [6.45, 7) is 4.26. The summed E-state index contributed by atoms with van der Waals surface area (Å²) in [5, 5.41) is 5.01. The molecule has 0 aromatic rings. The Hall–Kier alpha value is -0.980. The molecule has 1 aliphatic carbocycles. The summed E-state index contributed by atoms with van der Waals surface area (Å²) in [7, 11) is 0. The fourth-order valence-electron chi connectivity index (χ4n) is 1.64. The molecule has 106 valence electrons. The number of carbonyl (C=O) groups excluding carboxylic acids is 1. The number of hydrogen-bond acceptors (Lipinski definition) is 3. The van der Waals surface area contributed by atoms with Crippen molar-refractivity contribution in [3.8, 4) is 0 Å². The lowest BCUT2D eigenvalue weighted by molar-refractivity contribution is -0.127. The summed E-state index contributed by atoms with van der Waals surface area (Å²) in [6.07, 6.45) is -3.73. The number of halogens is 3. The average molecular weight is 268 g/mol. The summed E-state index contributed by atoms with van der Waals surface area (Å²) in [5.41, 5.74) is -0.568. The van der Waals surface area contributed by atoms with Crippen molar-refractivity contribution in [3.63, 3.8) is 0 Å². The Kier molecular flexibility index (Phi) is 4.47. The smallest absolute Gasteiger partial charge is 0.407 e. The number of rotatable bonds is 3. The summed E-state index contributed by atoms with van der Waals surface area (Å²) < 4.78 is 40.8. The van der Waals surface area contributed by atoms with Crippen molar-refractivity contribution >= 4 is 6.09 Å². The van der Waals surface area contributed by atoms with E-state index in [0.29, 0.717) is 12.8 Å². The van der Waals surface area contributed by atoms with Crippen LogP contribution in [0.15, 0.2) is 0 Å². The Morgan fingerprint density at radius 1 is 1.22 bits per heavy atom. The van der Waals surface area contributed by atoms with Gasteiger partial charge in [0.05, 0.1) is 6.54 Å². The highest BCUT2D eigenvalue weighted by Gasteiger charge is 2.35. The van der Waals surface area contributed by atoms with Crippen molar-refractivity contribution in [3.05, 3.63) is 0 Å². The molecule has 2 N–H and O–H groups in total. The molecule has 0 aliphatic heterocycles. The van der Waals surface area contributed by atoms with Gasteiger partial charge in [-0.25, -0.2) is 4.79 Å². The second-order valence-electron chi connectivity index (χ2n) is 5.51. The molecule has 18 heavy (non-hydrogen) atoms. The van der Waals surface area contributed by atoms with Gasteiger partial charge < -0.3 is 15.4 Å². The number of alkyl carbamates (subject to hydrolysis) is 1. The minimum Gasteiger partial charge on any atom is -0.444 e. The Balaban J connectivity index is 2.14. The number of alkyl halides is 3. The van der Waals surface area contributed by atoms with E-state index in [9.17, 15) is 18.0 Å². The molecule has 0 spiro atoms. The highest BCUT2D eigenvalue weighted by molar-refractivity contribution is 5.68. The van der Waals surface area contributed by atoms with Gasteiger partial charge in [-0.3, -0.25) is 0 Å². The topological polar surface area (TPSA) is 50.4 Å². The van der Waals surface area contributed by atoms with Gasteiger partial charge in [-0.05, 0) is 33.6 Å². The molecular weight excluding hydrogens is 249 g/mol. The first-order valence-electron chi connectivity index (χ1n) is 5.85. The highest BCUT2D eigenvalue weighted by atomic mass is 19.4. The molecule has 1 saturated carbocycles. The number of nitrogens with one attached hydrogen (secondary N) is 2. The number of hydrogen-bond donors (Lipinski definition) is 2. The maximum absolute atomic E-state index is 11.9. The molecule has 7 heteroatoms. The van der Waals surface area contributed by atoms with Crippen LogP contribution in [0.4, 0.5) is 18.0 Å². The van der Waals surface area contributed by atoms with Crippen LogP contribution in [-0.4, -0.2) is 36.5 Å². The van der Waals surface area contributed by atoms with E-state index in [-0.39, 0.29) is 12.1 Å². The molecule has 0 unspecified atom stereocenters. The molecule has 0 aromatic carbocycles. The van der Waals surface area contributed by atoms with E-state index in [4.69, 9.17) is 4.74 Å². The normalized spacial score (nSPS) is 24.3. The third-order valence-corrected chi connectivity index (χ3v) is 2.45. The Bertz CT molecular complexity index is 294. The molecule has 1 rings (SSSR count). The van der Waals surface area contributed by atoms with E-state index in [2.05, 4.69) is 10.6 Å². The number of carbonyl (C=O) groups is 1. The Morgan fingerprint density at radius 3 is 2.22 bits per heavy atom. The lowest BCUT2D eigenvalue weighted by Gasteiger charge is -2.36. The molecular formula is C11H19F3N2O2. The van der Waals surface area contributed by atoms with Crippen molar-refractivity contribution in [2.75, 3.05) is 6.54 Å². The number of ether oxygens (including phenoxy) is 1. The minimum absolute atomic E-state index is 0.106. The molecule has 0 radical (unpaired) electrons. The second-order valence-corrected chi connectivity index (χ2v) is 5.51. The van der Waals surface area contributed by atoms with Gasteiger partial charge in [0.25, 0.3) is 0 Å². The van der Waals surface area contributed by atoms with Crippen LogP contribution in [0, 0.1) is 0 Å². The zero-order valence-corrected chi connectivity index (χ0v) is 10.7. The fourth-order valence-corrected chi connectivity index (χ4v) is 1.64. The monoisotopic (exact) mass is 268 g/mol. The molecule has 4 nitrogen and oxygen atoms in total. The molecule has 0 atom stereocenters. The molecule has 0 saturated heterocycles. The molecule has 1 fully saturated rings. The van der Waals surface area contributed by atoms with Crippen LogP contribution in [-0.2, 0) is 4.74 Å². The molecule has 0 bridgehead atoms. The van der Waals surface area contributed by atoms with Crippen LogP contribution < -0.4 is 10.6 Å². The van der Waals surface area contributed by atoms with Crippen LogP contribution >= 0.6 is 0 Å². The second kappa shape index (κ2) is 5.34. The molecule has 0 aromatic heterocycles.